The van der Waals surface area contributed by atoms with Crippen molar-refractivity contribution < 1.29 is 9.53 Å². The summed E-state index contributed by atoms with van der Waals surface area (Å²) in [5.74, 6) is 2.92. The predicted octanol–water partition coefficient (Wildman–Crippen LogP) is 5.21. The van der Waals surface area contributed by atoms with E-state index in [0.717, 1.165) is 36.3 Å². The van der Waals surface area contributed by atoms with Gasteiger partial charge in [-0.1, -0.05) is 12.5 Å². The van der Waals surface area contributed by atoms with Crippen molar-refractivity contribution in [3.05, 3.63) is 23.8 Å². The highest BCUT2D eigenvalue weighted by molar-refractivity contribution is 5.93. The molecule has 0 radical (unpaired) electrons. The minimum Gasteiger partial charge on any atom is -0.450 e. The zero-order chi connectivity index (χ0) is 18.4. The lowest BCUT2D eigenvalue weighted by Gasteiger charge is -2.56. The lowest BCUT2D eigenvalue weighted by molar-refractivity contribution is -0.172. The van der Waals surface area contributed by atoms with Crippen LogP contribution < -0.4 is 0 Å². The summed E-state index contributed by atoms with van der Waals surface area (Å²) in [7, 11) is 0. The van der Waals surface area contributed by atoms with Crippen LogP contribution in [0.1, 0.15) is 71.1 Å². The van der Waals surface area contributed by atoms with Gasteiger partial charge in [-0.3, -0.25) is 0 Å². The fourth-order valence-corrected chi connectivity index (χ4v) is 8.73. The Morgan fingerprint density at radius 2 is 2.00 bits per heavy atom. The van der Waals surface area contributed by atoms with E-state index < -0.39 is 0 Å². The molecule has 5 aliphatic carbocycles. The summed E-state index contributed by atoms with van der Waals surface area (Å²) in [5.41, 5.74) is 2.54. The van der Waals surface area contributed by atoms with Crippen LogP contribution in [0.4, 0.5) is 0 Å². The molecule has 0 saturated heterocycles. The van der Waals surface area contributed by atoms with Gasteiger partial charge >= 0.3 is 5.97 Å². The molecule has 0 aromatic heterocycles. The average Bonchev–Trinajstić information content (AvgIpc) is 3.28. The minimum atomic E-state index is -0.299. The molecular formula is C24H31NO2. The number of ether oxygens (including phenoxy) is 1. The molecule has 0 aromatic rings. The summed E-state index contributed by atoms with van der Waals surface area (Å²) in [6.07, 6.45) is 18.2. The molecule has 3 nitrogen and oxygen atoms in total. The van der Waals surface area contributed by atoms with E-state index in [1.54, 1.807) is 11.6 Å². The first-order valence-corrected chi connectivity index (χ1v) is 11.2. The standard InChI is InChI=1S/C24H31NO2/c1-2-23-9-7-18-17-6-4-16(25)13-15(17)3-5-19(18)20(23)14-22(11-12-22)24(23)10-8-21(26)27-24/h8,10,13,17-20,25H,2-7,9,11-12,14H2,1H3/t17-,18?,19?,20?,23-,24-/m0/s1. The van der Waals surface area contributed by atoms with Crippen LogP contribution in [0.5, 0.6) is 0 Å². The summed E-state index contributed by atoms with van der Waals surface area (Å²) in [6.45, 7) is 2.35. The highest BCUT2D eigenvalue weighted by Gasteiger charge is 2.78. The highest BCUT2D eigenvalue weighted by atomic mass is 16.6. The van der Waals surface area contributed by atoms with E-state index in [1.807, 2.05) is 0 Å². The molecule has 0 aromatic carbocycles. The van der Waals surface area contributed by atoms with Crippen molar-refractivity contribution in [2.24, 2.45) is 34.5 Å². The molecule has 0 bridgehead atoms. The number of hydrogen-bond donors (Lipinski definition) is 1. The van der Waals surface area contributed by atoms with Crippen molar-refractivity contribution >= 4 is 11.7 Å². The van der Waals surface area contributed by atoms with Crippen molar-refractivity contribution in [1.82, 2.24) is 0 Å². The van der Waals surface area contributed by atoms with Crippen molar-refractivity contribution in [3.63, 3.8) is 0 Å². The van der Waals surface area contributed by atoms with E-state index in [9.17, 15) is 4.79 Å². The first kappa shape index (κ1) is 16.6. The molecule has 4 fully saturated rings. The van der Waals surface area contributed by atoms with E-state index in [0.29, 0.717) is 5.92 Å². The number of esters is 1. The fourth-order valence-electron chi connectivity index (χ4n) is 8.73. The fraction of sp³-hybridized carbons (Fsp3) is 0.750. The third-order valence-electron chi connectivity index (χ3n) is 9.88. The van der Waals surface area contributed by atoms with Crippen molar-refractivity contribution in [2.75, 3.05) is 0 Å². The van der Waals surface area contributed by atoms with Crippen LogP contribution >= 0.6 is 0 Å². The van der Waals surface area contributed by atoms with E-state index in [1.165, 1.54) is 51.4 Å². The Morgan fingerprint density at radius 3 is 2.70 bits per heavy atom. The van der Waals surface area contributed by atoms with Crippen LogP contribution in [0.2, 0.25) is 0 Å². The third kappa shape index (κ3) is 1.85. The van der Waals surface area contributed by atoms with E-state index in [2.05, 4.69) is 19.1 Å². The molecular weight excluding hydrogens is 334 g/mol. The molecule has 1 aliphatic heterocycles. The van der Waals surface area contributed by atoms with Crippen LogP contribution in [-0.2, 0) is 9.53 Å². The van der Waals surface area contributed by atoms with Crippen molar-refractivity contribution in [1.29, 1.82) is 5.41 Å². The maximum atomic E-state index is 12.2. The number of nitrogens with one attached hydrogen (secondary N) is 1. The molecule has 27 heavy (non-hydrogen) atoms. The van der Waals surface area contributed by atoms with Gasteiger partial charge in [-0.25, -0.2) is 4.79 Å². The van der Waals surface area contributed by atoms with Crippen LogP contribution in [0, 0.1) is 39.9 Å². The molecule has 2 spiro atoms. The quantitative estimate of drug-likeness (QED) is 0.648. The summed E-state index contributed by atoms with van der Waals surface area (Å²) >= 11 is 0. The Kier molecular flexibility index (Phi) is 3.16. The summed E-state index contributed by atoms with van der Waals surface area (Å²) < 4.78 is 6.26. The van der Waals surface area contributed by atoms with Crippen LogP contribution in [0.25, 0.3) is 0 Å². The number of hydrogen-bond acceptors (Lipinski definition) is 3. The van der Waals surface area contributed by atoms with Gasteiger partial charge in [0.25, 0.3) is 0 Å². The molecule has 6 aliphatic rings. The molecule has 6 rings (SSSR count). The first-order valence-electron chi connectivity index (χ1n) is 11.2. The Balaban J connectivity index is 1.41. The first-order chi connectivity index (χ1) is 13.0. The molecule has 1 N–H and O–H groups in total. The molecule has 6 atom stereocenters. The second-order valence-corrected chi connectivity index (χ2v) is 10.4. The molecule has 144 valence electrons. The zero-order valence-electron chi connectivity index (χ0n) is 16.4. The monoisotopic (exact) mass is 365 g/mol. The number of carbonyl (C=O) groups is 1. The second-order valence-electron chi connectivity index (χ2n) is 10.4. The van der Waals surface area contributed by atoms with Crippen molar-refractivity contribution in [2.45, 2.75) is 76.7 Å². The van der Waals surface area contributed by atoms with Gasteiger partial charge in [0, 0.05) is 22.6 Å². The zero-order valence-corrected chi connectivity index (χ0v) is 16.4. The number of fused-ring (bicyclic) bond motifs is 7. The van der Waals surface area contributed by atoms with Gasteiger partial charge in [-0.15, -0.1) is 0 Å². The average molecular weight is 366 g/mol. The normalized spacial score (nSPS) is 48.9. The van der Waals surface area contributed by atoms with Gasteiger partial charge in [-0.05, 0) is 100 Å². The summed E-state index contributed by atoms with van der Waals surface area (Å²) in [6, 6.07) is 0. The third-order valence-corrected chi connectivity index (χ3v) is 9.88. The minimum absolute atomic E-state index is 0.100. The largest absolute Gasteiger partial charge is 0.450 e. The van der Waals surface area contributed by atoms with E-state index in [-0.39, 0.29) is 22.4 Å². The van der Waals surface area contributed by atoms with E-state index >= 15 is 0 Å². The number of allylic oxidation sites excluding steroid dienone is 2. The SMILES string of the molecule is CC[C@]12CCC3C(CCC4=CC(=N)CC[C@@H]43)C1CC1(CC1)[C@@]21C=CC(=O)O1. The van der Waals surface area contributed by atoms with Gasteiger partial charge in [-0.2, -0.15) is 0 Å². The van der Waals surface area contributed by atoms with Gasteiger partial charge < -0.3 is 10.1 Å². The smallest absolute Gasteiger partial charge is 0.331 e. The Hall–Kier alpha value is -1.38. The summed E-state index contributed by atoms with van der Waals surface area (Å²) in [5, 5.41) is 8.08. The topological polar surface area (TPSA) is 50.2 Å². The lowest BCUT2D eigenvalue weighted by atomic mass is 9.49. The molecule has 4 saturated carbocycles. The van der Waals surface area contributed by atoms with Gasteiger partial charge in [0.15, 0.2) is 0 Å². The van der Waals surface area contributed by atoms with Crippen molar-refractivity contribution in [3.8, 4) is 0 Å². The van der Waals surface area contributed by atoms with Crippen LogP contribution in [0.15, 0.2) is 23.8 Å². The maximum Gasteiger partial charge on any atom is 0.331 e. The summed E-state index contributed by atoms with van der Waals surface area (Å²) in [4.78, 5) is 12.2. The van der Waals surface area contributed by atoms with Gasteiger partial charge in [0.1, 0.15) is 5.60 Å². The van der Waals surface area contributed by atoms with Crippen LogP contribution in [-0.4, -0.2) is 17.3 Å². The molecule has 3 heteroatoms. The number of rotatable bonds is 1. The molecule has 0 amide bonds. The highest BCUT2D eigenvalue weighted by Crippen LogP contribution is 2.79. The molecule has 1 heterocycles. The maximum absolute atomic E-state index is 12.2. The Bertz CT molecular complexity index is 790. The number of carbonyl (C=O) groups excluding carboxylic acids is 1. The second kappa shape index (κ2) is 5.15. The van der Waals surface area contributed by atoms with E-state index in [4.69, 9.17) is 10.1 Å². The van der Waals surface area contributed by atoms with Gasteiger partial charge in [0.05, 0.1) is 0 Å². The predicted molar refractivity (Wildman–Crippen MR) is 104 cm³/mol. The van der Waals surface area contributed by atoms with Gasteiger partial charge in [0.2, 0.25) is 0 Å². The van der Waals surface area contributed by atoms with Crippen LogP contribution in [0.3, 0.4) is 0 Å². The Labute approximate surface area is 162 Å². The lowest BCUT2D eigenvalue weighted by Crippen LogP contribution is -2.55. The molecule has 3 unspecified atom stereocenters. The Morgan fingerprint density at radius 1 is 1.15 bits per heavy atom.